The topological polar surface area (TPSA) is 106 Å². The molecule has 1 aromatic heterocycles. The maximum absolute atomic E-state index is 13.5. The number of halogens is 1. The number of rotatable bonds is 6. The van der Waals surface area contributed by atoms with Crippen LogP contribution < -0.4 is 5.32 Å². The molecule has 0 radical (unpaired) electrons. The number of aromatic carboxylic acids is 1. The minimum Gasteiger partial charge on any atom is -0.476 e. The van der Waals surface area contributed by atoms with Gasteiger partial charge >= 0.3 is 5.97 Å². The lowest BCUT2D eigenvalue weighted by Gasteiger charge is -2.08. The van der Waals surface area contributed by atoms with Gasteiger partial charge in [-0.05, 0) is 12.1 Å². The van der Waals surface area contributed by atoms with E-state index in [-0.39, 0.29) is 30.2 Å². The molecule has 0 aliphatic carbocycles. The van der Waals surface area contributed by atoms with Crippen LogP contribution >= 0.6 is 0 Å². The van der Waals surface area contributed by atoms with Crippen molar-refractivity contribution in [3.63, 3.8) is 0 Å². The van der Waals surface area contributed by atoms with E-state index in [2.05, 4.69) is 15.6 Å². The Balaban J connectivity index is 2.15. The minimum atomic E-state index is -1.27. The quantitative estimate of drug-likeness (QED) is 0.821. The highest BCUT2D eigenvalue weighted by atomic mass is 19.1. The second kappa shape index (κ2) is 6.76. The number of hydrogen-bond donors (Lipinski definition) is 2. The number of aromatic nitrogens is 3. The van der Waals surface area contributed by atoms with Gasteiger partial charge in [0.05, 0.1) is 18.0 Å². The van der Waals surface area contributed by atoms with Gasteiger partial charge in [-0.2, -0.15) is 0 Å². The smallest absolute Gasteiger partial charge is 0.358 e. The van der Waals surface area contributed by atoms with E-state index in [4.69, 9.17) is 9.84 Å². The highest BCUT2D eigenvalue weighted by Gasteiger charge is 2.20. The predicted octanol–water partition coefficient (Wildman–Crippen LogP) is 0.900. The van der Waals surface area contributed by atoms with Crippen LogP contribution in [0.5, 0.6) is 0 Å². The molecule has 2 aromatic rings. The number of ether oxygens (including phenoxy) is 1. The van der Waals surface area contributed by atoms with Gasteiger partial charge in [0.15, 0.2) is 5.69 Å². The molecule has 9 heteroatoms. The number of hydrogen-bond acceptors (Lipinski definition) is 5. The predicted molar refractivity (Wildman–Crippen MR) is 72.7 cm³/mol. The Labute approximate surface area is 124 Å². The maximum atomic E-state index is 13.5. The van der Waals surface area contributed by atoms with Gasteiger partial charge in [0.25, 0.3) is 0 Å². The largest absolute Gasteiger partial charge is 0.476 e. The first kappa shape index (κ1) is 15.6. The first-order chi connectivity index (χ1) is 10.5. The van der Waals surface area contributed by atoms with Crippen molar-refractivity contribution >= 4 is 17.6 Å². The molecule has 0 aliphatic rings. The third-order valence-corrected chi connectivity index (χ3v) is 2.76. The van der Waals surface area contributed by atoms with Crippen molar-refractivity contribution in [2.45, 2.75) is 13.2 Å². The first-order valence-corrected chi connectivity index (χ1v) is 6.22. The van der Waals surface area contributed by atoms with Crippen molar-refractivity contribution in [1.82, 2.24) is 15.0 Å². The SMILES string of the molecule is COCc1c(C(=O)O)nnn1CC(=O)Nc1ccccc1F. The molecule has 0 saturated heterocycles. The molecular weight excluding hydrogens is 295 g/mol. The number of carboxylic acids is 1. The minimum absolute atomic E-state index is 0.0272. The molecule has 0 atom stereocenters. The molecule has 0 unspecified atom stereocenters. The van der Waals surface area contributed by atoms with E-state index in [1.807, 2.05) is 0 Å². The summed E-state index contributed by atoms with van der Waals surface area (Å²) in [6.07, 6.45) is 0. The number of nitrogens with zero attached hydrogens (tertiary/aromatic N) is 3. The Kier molecular flexibility index (Phi) is 4.79. The number of amides is 1. The van der Waals surface area contributed by atoms with Gasteiger partial charge in [0.2, 0.25) is 5.91 Å². The van der Waals surface area contributed by atoms with E-state index in [1.54, 1.807) is 6.07 Å². The Bertz CT molecular complexity index is 701. The molecule has 22 heavy (non-hydrogen) atoms. The lowest BCUT2D eigenvalue weighted by atomic mass is 10.3. The fourth-order valence-corrected chi connectivity index (χ4v) is 1.79. The zero-order valence-corrected chi connectivity index (χ0v) is 11.6. The molecule has 0 aliphatic heterocycles. The van der Waals surface area contributed by atoms with Crippen molar-refractivity contribution in [3.05, 3.63) is 41.5 Å². The zero-order chi connectivity index (χ0) is 16.1. The molecule has 2 N–H and O–H groups in total. The molecule has 1 amide bonds. The van der Waals surface area contributed by atoms with Gasteiger partial charge < -0.3 is 15.2 Å². The second-order valence-electron chi connectivity index (χ2n) is 4.31. The highest BCUT2D eigenvalue weighted by molar-refractivity contribution is 5.91. The van der Waals surface area contributed by atoms with Crippen molar-refractivity contribution in [2.24, 2.45) is 0 Å². The van der Waals surface area contributed by atoms with Crippen LogP contribution in [0, 0.1) is 5.82 Å². The van der Waals surface area contributed by atoms with Gasteiger partial charge in [-0.1, -0.05) is 17.3 Å². The Morgan fingerprint density at radius 1 is 1.41 bits per heavy atom. The van der Waals surface area contributed by atoms with Crippen LogP contribution in [0.15, 0.2) is 24.3 Å². The van der Waals surface area contributed by atoms with E-state index in [1.165, 1.54) is 25.3 Å². The summed E-state index contributed by atoms with van der Waals surface area (Å²) < 4.78 is 19.4. The second-order valence-corrected chi connectivity index (χ2v) is 4.31. The summed E-state index contributed by atoms with van der Waals surface area (Å²) in [4.78, 5) is 22.9. The van der Waals surface area contributed by atoms with Gasteiger partial charge in [-0.3, -0.25) is 4.79 Å². The highest BCUT2D eigenvalue weighted by Crippen LogP contribution is 2.13. The van der Waals surface area contributed by atoms with Crippen molar-refractivity contribution in [1.29, 1.82) is 0 Å². The van der Waals surface area contributed by atoms with Crippen LogP contribution in [0.2, 0.25) is 0 Å². The summed E-state index contributed by atoms with van der Waals surface area (Å²) in [6, 6.07) is 5.70. The summed E-state index contributed by atoms with van der Waals surface area (Å²) in [5.74, 6) is -2.41. The van der Waals surface area contributed by atoms with E-state index >= 15 is 0 Å². The fraction of sp³-hybridized carbons (Fsp3) is 0.231. The van der Waals surface area contributed by atoms with E-state index < -0.39 is 17.7 Å². The maximum Gasteiger partial charge on any atom is 0.358 e. The molecule has 2 rings (SSSR count). The molecule has 0 saturated carbocycles. The number of benzene rings is 1. The Hall–Kier alpha value is -2.81. The number of carbonyl (C=O) groups is 2. The lowest BCUT2D eigenvalue weighted by Crippen LogP contribution is -2.22. The first-order valence-electron chi connectivity index (χ1n) is 6.22. The van der Waals surface area contributed by atoms with Gasteiger partial charge in [0, 0.05) is 7.11 Å². The molecule has 8 nitrogen and oxygen atoms in total. The fourth-order valence-electron chi connectivity index (χ4n) is 1.79. The van der Waals surface area contributed by atoms with Crippen molar-refractivity contribution in [3.8, 4) is 0 Å². The van der Waals surface area contributed by atoms with Crippen LogP contribution in [-0.2, 0) is 22.7 Å². The standard InChI is InChI=1S/C13H13FN4O4/c1-22-7-10-12(13(20)21)16-17-18(10)6-11(19)15-9-5-3-2-4-8(9)14/h2-5H,6-7H2,1H3,(H,15,19)(H,20,21). The van der Waals surface area contributed by atoms with E-state index in [0.29, 0.717) is 0 Å². The summed E-state index contributed by atoms with van der Waals surface area (Å²) in [6.45, 7) is -0.380. The van der Waals surface area contributed by atoms with Crippen LogP contribution in [0.1, 0.15) is 16.2 Å². The number of methoxy groups -OCH3 is 1. The van der Waals surface area contributed by atoms with Crippen LogP contribution in [0.25, 0.3) is 0 Å². The van der Waals surface area contributed by atoms with Gasteiger partial charge in [-0.15, -0.1) is 5.10 Å². The van der Waals surface area contributed by atoms with E-state index in [0.717, 1.165) is 4.68 Å². The number of para-hydroxylation sites is 1. The molecule has 0 fully saturated rings. The monoisotopic (exact) mass is 308 g/mol. The average molecular weight is 308 g/mol. The van der Waals surface area contributed by atoms with Crippen LogP contribution in [0.3, 0.4) is 0 Å². The van der Waals surface area contributed by atoms with Crippen LogP contribution in [0.4, 0.5) is 10.1 Å². The number of nitrogens with one attached hydrogen (secondary N) is 1. The number of anilines is 1. The van der Waals surface area contributed by atoms with Gasteiger partial charge in [-0.25, -0.2) is 13.9 Å². The average Bonchev–Trinajstić information content (AvgIpc) is 2.85. The van der Waals surface area contributed by atoms with Crippen molar-refractivity contribution in [2.75, 3.05) is 12.4 Å². The molecule has 1 aromatic carbocycles. The molecule has 116 valence electrons. The molecule has 0 bridgehead atoms. The van der Waals surface area contributed by atoms with E-state index in [9.17, 15) is 14.0 Å². The lowest BCUT2D eigenvalue weighted by molar-refractivity contribution is -0.117. The summed E-state index contributed by atoms with van der Waals surface area (Å²) in [5, 5.41) is 18.5. The normalized spacial score (nSPS) is 10.5. The molecule has 0 spiro atoms. The summed E-state index contributed by atoms with van der Waals surface area (Å²) >= 11 is 0. The summed E-state index contributed by atoms with van der Waals surface area (Å²) in [7, 11) is 1.38. The summed E-state index contributed by atoms with van der Waals surface area (Å²) in [5.41, 5.74) is -0.112. The Morgan fingerprint density at radius 2 is 2.14 bits per heavy atom. The third kappa shape index (κ3) is 3.44. The Morgan fingerprint density at radius 3 is 2.77 bits per heavy atom. The number of carbonyl (C=O) groups excluding carboxylic acids is 1. The van der Waals surface area contributed by atoms with Crippen molar-refractivity contribution < 1.29 is 23.8 Å². The molecule has 1 heterocycles. The molecular formula is C13H13FN4O4. The van der Waals surface area contributed by atoms with Gasteiger partial charge in [0.1, 0.15) is 12.4 Å². The zero-order valence-electron chi connectivity index (χ0n) is 11.6. The third-order valence-electron chi connectivity index (χ3n) is 2.76. The number of carboxylic acid groups (broad SMARTS) is 1. The van der Waals surface area contributed by atoms with Crippen LogP contribution in [-0.4, -0.2) is 39.1 Å².